The van der Waals surface area contributed by atoms with Gasteiger partial charge in [0.1, 0.15) is 11.9 Å². The number of nitrogens with two attached hydrogens (primary N) is 1. The summed E-state index contributed by atoms with van der Waals surface area (Å²) in [5.74, 6) is 0.494. The number of nitrogens with zero attached hydrogens (tertiary/aromatic N) is 2. The summed E-state index contributed by atoms with van der Waals surface area (Å²) in [5.41, 5.74) is 7.14. The molecule has 0 bridgehead atoms. The maximum Gasteiger partial charge on any atom is 0.121 e. The zero-order chi connectivity index (χ0) is 9.84. The molecule has 0 aliphatic rings. The molecule has 1 aromatic rings. The minimum absolute atomic E-state index is 0.137. The second-order valence-electron chi connectivity index (χ2n) is 2.95. The van der Waals surface area contributed by atoms with Crippen molar-refractivity contribution < 1.29 is 5.11 Å². The Labute approximate surface area is 77.2 Å². The van der Waals surface area contributed by atoms with Gasteiger partial charge in [-0.3, -0.25) is 0 Å². The predicted octanol–water partition coefficient (Wildman–Crippen LogP) is 0.633. The van der Waals surface area contributed by atoms with Gasteiger partial charge in [-0.05, 0) is 18.9 Å². The van der Waals surface area contributed by atoms with Gasteiger partial charge in [-0.15, -0.1) is 0 Å². The molecule has 1 heterocycles. The van der Waals surface area contributed by atoms with Crippen molar-refractivity contribution in [3.63, 3.8) is 0 Å². The van der Waals surface area contributed by atoms with Crippen LogP contribution in [0.5, 0.6) is 0 Å². The Hall–Kier alpha value is -1.47. The van der Waals surface area contributed by atoms with Gasteiger partial charge in [0, 0.05) is 19.3 Å². The van der Waals surface area contributed by atoms with Crippen molar-refractivity contribution in [3.05, 3.63) is 17.3 Å². The van der Waals surface area contributed by atoms with Crippen molar-refractivity contribution in [3.8, 4) is 6.07 Å². The predicted molar refractivity (Wildman–Crippen MR) is 50.0 cm³/mol. The van der Waals surface area contributed by atoms with E-state index in [4.69, 9.17) is 16.1 Å². The number of nitriles is 1. The standard InChI is InChI=1S/C9H13N3O/c1-7-6-12(3-2-4-13)9(11)8(7)5-10/h6,13H,2-4,11H2,1H3. The summed E-state index contributed by atoms with van der Waals surface area (Å²) in [4.78, 5) is 0. The number of rotatable bonds is 3. The molecule has 0 saturated heterocycles. The van der Waals surface area contributed by atoms with Crippen molar-refractivity contribution in [2.45, 2.75) is 19.9 Å². The van der Waals surface area contributed by atoms with Crippen molar-refractivity contribution in [2.24, 2.45) is 0 Å². The number of aryl methyl sites for hydroxylation is 2. The van der Waals surface area contributed by atoms with Crippen LogP contribution in [0.15, 0.2) is 6.20 Å². The van der Waals surface area contributed by atoms with E-state index < -0.39 is 0 Å². The molecule has 0 saturated carbocycles. The Balaban J connectivity index is 2.92. The van der Waals surface area contributed by atoms with E-state index in [1.54, 1.807) is 4.57 Å². The van der Waals surface area contributed by atoms with Crippen LogP contribution >= 0.6 is 0 Å². The van der Waals surface area contributed by atoms with Crippen LogP contribution < -0.4 is 5.73 Å². The summed E-state index contributed by atoms with van der Waals surface area (Å²) in [6, 6.07) is 2.05. The maximum atomic E-state index is 8.75. The van der Waals surface area contributed by atoms with Crippen LogP contribution in [-0.4, -0.2) is 16.3 Å². The zero-order valence-corrected chi connectivity index (χ0v) is 7.62. The highest BCUT2D eigenvalue weighted by Gasteiger charge is 2.08. The average molecular weight is 179 g/mol. The molecule has 3 N–H and O–H groups in total. The van der Waals surface area contributed by atoms with Crippen LogP contribution in [0.2, 0.25) is 0 Å². The summed E-state index contributed by atoms with van der Waals surface area (Å²) in [5, 5.41) is 17.4. The van der Waals surface area contributed by atoms with Crippen molar-refractivity contribution in [1.29, 1.82) is 5.26 Å². The van der Waals surface area contributed by atoms with E-state index in [9.17, 15) is 0 Å². The molecule has 0 radical (unpaired) electrons. The Kier molecular flexibility index (Phi) is 2.93. The number of hydrogen-bond donors (Lipinski definition) is 2. The number of aromatic nitrogens is 1. The first kappa shape index (κ1) is 9.62. The maximum absolute atomic E-state index is 8.75. The second-order valence-corrected chi connectivity index (χ2v) is 2.95. The molecule has 4 nitrogen and oxygen atoms in total. The second kappa shape index (κ2) is 3.97. The van der Waals surface area contributed by atoms with E-state index >= 15 is 0 Å². The number of anilines is 1. The number of hydrogen-bond acceptors (Lipinski definition) is 3. The van der Waals surface area contributed by atoms with Crippen LogP contribution in [0.25, 0.3) is 0 Å². The molecule has 1 aromatic heterocycles. The van der Waals surface area contributed by atoms with Gasteiger partial charge in [0.05, 0.1) is 5.56 Å². The fourth-order valence-corrected chi connectivity index (χ4v) is 1.28. The van der Waals surface area contributed by atoms with Crippen LogP contribution in [0, 0.1) is 18.3 Å². The van der Waals surface area contributed by atoms with Crippen LogP contribution in [-0.2, 0) is 6.54 Å². The van der Waals surface area contributed by atoms with Gasteiger partial charge >= 0.3 is 0 Å². The van der Waals surface area contributed by atoms with Gasteiger partial charge < -0.3 is 15.4 Å². The van der Waals surface area contributed by atoms with Crippen LogP contribution in [0.1, 0.15) is 17.5 Å². The largest absolute Gasteiger partial charge is 0.396 e. The molecular weight excluding hydrogens is 166 g/mol. The van der Waals surface area contributed by atoms with Gasteiger partial charge in [0.15, 0.2) is 0 Å². The van der Waals surface area contributed by atoms with E-state index in [2.05, 4.69) is 6.07 Å². The number of aliphatic hydroxyl groups is 1. The molecule has 0 aromatic carbocycles. The lowest BCUT2D eigenvalue weighted by Gasteiger charge is -2.02. The van der Waals surface area contributed by atoms with Crippen molar-refractivity contribution in [1.82, 2.24) is 4.57 Å². The Morgan fingerprint density at radius 3 is 2.85 bits per heavy atom. The minimum Gasteiger partial charge on any atom is -0.396 e. The Morgan fingerprint density at radius 2 is 2.38 bits per heavy atom. The summed E-state index contributed by atoms with van der Waals surface area (Å²) in [6.45, 7) is 2.65. The lowest BCUT2D eigenvalue weighted by atomic mass is 10.2. The van der Waals surface area contributed by atoms with Gasteiger partial charge in [-0.1, -0.05) is 0 Å². The minimum atomic E-state index is 0.137. The Morgan fingerprint density at radius 1 is 1.69 bits per heavy atom. The van der Waals surface area contributed by atoms with E-state index in [1.807, 2.05) is 13.1 Å². The van der Waals surface area contributed by atoms with Crippen LogP contribution in [0.3, 0.4) is 0 Å². The lowest BCUT2D eigenvalue weighted by molar-refractivity contribution is 0.280. The summed E-state index contributed by atoms with van der Waals surface area (Å²) in [6.07, 6.45) is 2.49. The van der Waals surface area contributed by atoms with Gasteiger partial charge in [-0.25, -0.2) is 0 Å². The van der Waals surface area contributed by atoms with E-state index in [1.165, 1.54) is 0 Å². The molecule has 0 spiro atoms. The zero-order valence-electron chi connectivity index (χ0n) is 7.62. The highest BCUT2D eigenvalue weighted by atomic mass is 16.3. The fourth-order valence-electron chi connectivity index (χ4n) is 1.28. The molecule has 0 unspecified atom stereocenters. The first-order valence-corrected chi connectivity index (χ1v) is 4.17. The van der Waals surface area contributed by atoms with E-state index in [-0.39, 0.29) is 6.61 Å². The van der Waals surface area contributed by atoms with Gasteiger partial charge in [0.25, 0.3) is 0 Å². The molecule has 0 fully saturated rings. The molecule has 1 rings (SSSR count). The SMILES string of the molecule is Cc1cn(CCCO)c(N)c1C#N. The topological polar surface area (TPSA) is 75.0 Å². The van der Waals surface area contributed by atoms with Gasteiger partial charge in [-0.2, -0.15) is 5.26 Å². The molecule has 70 valence electrons. The smallest absolute Gasteiger partial charge is 0.121 e. The molecule has 13 heavy (non-hydrogen) atoms. The molecule has 0 atom stereocenters. The first-order chi connectivity index (χ1) is 6.20. The fraction of sp³-hybridized carbons (Fsp3) is 0.444. The van der Waals surface area contributed by atoms with Crippen molar-refractivity contribution in [2.75, 3.05) is 12.3 Å². The number of nitrogen functional groups attached to an aromatic ring is 1. The Bertz CT molecular complexity index is 335. The average Bonchev–Trinajstić information content (AvgIpc) is 2.38. The van der Waals surface area contributed by atoms with Crippen molar-refractivity contribution >= 4 is 5.82 Å². The first-order valence-electron chi connectivity index (χ1n) is 4.17. The van der Waals surface area contributed by atoms with Crippen LogP contribution in [0.4, 0.5) is 5.82 Å². The van der Waals surface area contributed by atoms with E-state index in [0.29, 0.717) is 24.3 Å². The lowest BCUT2D eigenvalue weighted by Crippen LogP contribution is -2.03. The monoisotopic (exact) mass is 179 g/mol. The van der Waals surface area contributed by atoms with Gasteiger partial charge in [0.2, 0.25) is 0 Å². The molecule has 0 aliphatic carbocycles. The summed E-state index contributed by atoms with van der Waals surface area (Å²) >= 11 is 0. The highest BCUT2D eigenvalue weighted by Crippen LogP contribution is 2.18. The third-order valence-electron chi connectivity index (χ3n) is 1.98. The molecular formula is C9H13N3O. The highest BCUT2D eigenvalue weighted by molar-refractivity contribution is 5.54. The third-order valence-corrected chi connectivity index (χ3v) is 1.98. The van der Waals surface area contributed by atoms with E-state index in [0.717, 1.165) is 5.56 Å². The molecule has 0 aliphatic heterocycles. The number of aliphatic hydroxyl groups excluding tert-OH is 1. The summed E-state index contributed by atoms with van der Waals surface area (Å²) < 4.78 is 1.80. The normalized spacial score (nSPS) is 9.92. The third kappa shape index (κ3) is 1.82. The summed E-state index contributed by atoms with van der Waals surface area (Å²) in [7, 11) is 0. The molecule has 4 heteroatoms. The molecule has 0 amide bonds. The quantitative estimate of drug-likeness (QED) is 0.714.